The highest BCUT2D eigenvalue weighted by Crippen LogP contribution is 2.33. The van der Waals surface area contributed by atoms with Gasteiger partial charge in [0.1, 0.15) is 10.7 Å². The predicted octanol–water partition coefficient (Wildman–Crippen LogP) is 4.85. The third-order valence-corrected chi connectivity index (χ3v) is 6.80. The third-order valence-electron chi connectivity index (χ3n) is 5.93. The second-order valence-corrected chi connectivity index (χ2v) is 8.62. The standard InChI is InChI=1S/C23H23N3OS/c1-15-24-22-21(23(27)26(15)19-9-11-25(2)12-10-19)20(14-28-22)18-8-7-16-5-3-4-6-17(16)13-18/h3-8,13-14,19H,9-12H2,1-2H3. The number of nitrogens with zero attached hydrogens (tertiary/aromatic N) is 3. The monoisotopic (exact) mass is 389 g/mol. The van der Waals surface area contributed by atoms with Crippen molar-refractivity contribution in [3.05, 3.63) is 64.0 Å². The Morgan fingerprint density at radius 3 is 2.61 bits per heavy atom. The van der Waals surface area contributed by atoms with Crippen LogP contribution < -0.4 is 5.56 Å². The summed E-state index contributed by atoms with van der Waals surface area (Å²) in [7, 11) is 2.14. The first-order chi connectivity index (χ1) is 13.6. The van der Waals surface area contributed by atoms with E-state index in [1.54, 1.807) is 11.3 Å². The van der Waals surface area contributed by atoms with Crippen LogP contribution in [0.3, 0.4) is 0 Å². The fourth-order valence-corrected chi connectivity index (χ4v) is 5.34. The molecule has 4 aromatic rings. The molecule has 0 aliphatic carbocycles. The number of rotatable bonds is 2. The lowest BCUT2D eigenvalue weighted by molar-refractivity contribution is 0.216. The van der Waals surface area contributed by atoms with E-state index in [4.69, 9.17) is 4.98 Å². The van der Waals surface area contributed by atoms with E-state index in [9.17, 15) is 4.79 Å². The zero-order valence-electron chi connectivity index (χ0n) is 16.2. The third kappa shape index (κ3) is 2.86. The number of fused-ring (bicyclic) bond motifs is 2. The van der Waals surface area contributed by atoms with Gasteiger partial charge in [-0.3, -0.25) is 9.36 Å². The summed E-state index contributed by atoms with van der Waals surface area (Å²) in [6.45, 7) is 4.01. The Labute approximate surface area is 168 Å². The van der Waals surface area contributed by atoms with Gasteiger partial charge in [-0.05, 0) is 62.3 Å². The smallest absolute Gasteiger partial charge is 0.263 e. The van der Waals surface area contributed by atoms with E-state index in [2.05, 4.69) is 59.8 Å². The molecule has 3 heterocycles. The Balaban J connectivity index is 1.68. The molecule has 0 N–H and O–H groups in total. The fourth-order valence-electron chi connectivity index (χ4n) is 4.36. The van der Waals surface area contributed by atoms with Gasteiger partial charge in [0.2, 0.25) is 0 Å². The Hall–Kier alpha value is -2.50. The predicted molar refractivity (Wildman–Crippen MR) is 117 cm³/mol. The van der Waals surface area contributed by atoms with Crippen LogP contribution in [-0.4, -0.2) is 34.6 Å². The lowest BCUT2D eigenvalue weighted by Gasteiger charge is -2.31. The Morgan fingerprint density at radius 2 is 1.82 bits per heavy atom. The normalized spacial score (nSPS) is 16.2. The van der Waals surface area contributed by atoms with Crippen molar-refractivity contribution < 1.29 is 0 Å². The van der Waals surface area contributed by atoms with E-state index >= 15 is 0 Å². The van der Waals surface area contributed by atoms with Gasteiger partial charge in [0.05, 0.1) is 5.39 Å². The quantitative estimate of drug-likeness (QED) is 0.492. The molecule has 5 rings (SSSR count). The number of aromatic nitrogens is 2. The maximum absolute atomic E-state index is 13.6. The van der Waals surface area contributed by atoms with E-state index in [1.165, 1.54) is 10.8 Å². The van der Waals surface area contributed by atoms with Crippen LogP contribution in [0.15, 0.2) is 52.6 Å². The number of thiophene rings is 1. The molecule has 2 aromatic heterocycles. The molecule has 1 saturated heterocycles. The van der Waals surface area contributed by atoms with Crippen LogP contribution in [-0.2, 0) is 0 Å². The first-order valence-electron chi connectivity index (χ1n) is 9.80. The molecule has 2 aromatic carbocycles. The van der Waals surface area contributed by atoms with Gasteiger partial charge in [-0.25, -0.2) is 4.98 Å². The zero-order chi connectivity index (χ0) is 19.3. The molecule has 0 bridgehead atoms. The summed E-state index contributed by atoms with van der Waals surface area (Å²) in [5, 5.41) is 5.25. The number of likely N-dealkylation sites (tertiary alicyclic amines) is 1. The number of piperidine rings is 1. The maximum atomic E-state index is 13.6. The first-order valence-corrected chi connectivity index (χ1v) is 10.7. The molecule has 0 spiro atoms. The number of benzene rings is 2. The van der Waals surface area contributed by atoms with Crippen molar-refractivity contribution in [1.29, 1.82) is 0 Å². The average molecular weight is 390 g/mol. The molecule has 0 amide bonds. The van der Waals surface area contributed by atoms with Gasteiger partial charge in [-0.1, -0.05) is 36.4 Å². The molecule has 1 aliphatic heterocycles. The molecule has 1 fully saturated rings. The van der Waals surface area contributed by atoms with Crippen LogP contribution in [0.4, 0.5) is 0 Å². The van der Waals surface area contributed by atoms with Gasteiger partial charge in [-0.15, -0.1) is 11.3 Å². The van der Waals surface area contributed by atoms with Crippen LogP contribution in [0.25, 0.3) is 32.1 Å². The van der Waals surface area contributed by atoms with E-state index in [-0.39, 0.29) is 11.6 Å². The molecule has 4 nitrogen and oxygen atoms in total. The number of aryl methyl sites for hydroxylation is 1. The molecule has 142 valence electrons. The molecule has 0 atom stereocenters. The highest BCUT2D eigenvalue weighted by Gasteiger charge is 2.23. The van der Waals surface area contributed by atoms with Crippen LogP contribution in [0.5, 0.6) is 0 Å². The summed E-state index contributed by atoms with van der Waals surface area (Å²) in [5.74, 6) is 0.832. The van der Waals surface area contributed by atoms with E-state index < -0.39 is 0 Å². The van der Waals surface area contributed by atoms with Crippen molar-refractivity contribution in [2.24, 2.45) is 0 Å². The van der Waals surface area contributed by atoms with Gasteiger partial charge in [-0.2, -0.15) is 0 Å². The minimum atomic E-state index is 0.112. The molecule has 5 heteroatoms. The van der Waals surface area contributed by atoms with E-state index in [1.807, 2.05) is 11.5 Å². The van der Waals surface area contributed by atoms with Crippen molar-refractivity contribution in [3.8, 4) is 11.1 Å². The number of hydrogen-bond donors (Lipinski definition) is 0. The zero-order valence-corrected chi connectivity index (χ0v) is 17.0. The van der Waals surface area contributed by atoms with E-state index in [0.717, 1.165) is 53.1 Å². The lowest BCUT2D eigenvalue weighted by Crippen LogP contribution is -2.36. The van der Waals surface area contributed by atoms with Crippen LogP contribution in [0.2, 0.25) is 0 Å². The summed E-state index contributed by atoms with van der Waals surface area (Å²) >= 11 is 1.57. The molecule has 0 unspecified atom stereocenters. The minimum Gasteiger partial charge on any atom is -0.306 e. The summed E-state index contributed by atoms with van der Waals surface area (Å²) < 4.78 is 1.95. The second-order valence-electron chi connectivity index (χ2n) is 7.76. The molecular weight excluding hydrogens is 366 g/mol. The van der Waals surface area contributed by atoms with Crippen molar-refractivity contribution in [1.82, 2.24) is 14.5 Å². The molecule has 0 saturated carbocycles. The average Bonchev–Trinajstić information content (AvgIpc) is 3.13. The van der Waals surface area contributed by atoms with Crippen molar-refractivity contribution in [2.45, 2.75) is 25.8 Å². The summed E-state index contributed by atoms with van der Waals surface area (Å²) in [6, 6.07) is 15.0. The molecule has 28 heavy (non-hydrogen) atoms. The van der Waals surface area contributed by atoms with Crippen LogP contribution >= 0.6 is 11.3 Å². The molecule has 0 radical (unpaired) electrons. The minimum absolute atomic E-state index is 0.112. The molecule has 1 aliphatic rings. The Kier molecular flexibility index (Phi) is 4.29. The summed E-state index contributed by atoms with van der Waals surface area (Å²) in [4.78, 5) is 21.5. The second kappa shape index (κ2) is 6.83. The van der Waals surface area contributed by atoms with Gasteiger partial charge < -0.3 is 4.90 Å². The highest BCUT2D eigenvalue weighted by molar-refractivity contribution is 7.17. The topological polar surface area (TPSA) is 38.1 Å². The Morgan fingerprint density at radius 1 is 1.07 bits per heavy atom. The molecular formula is C23H23N3OS. The van der Waals surface area contributed by atoms with Gasteiger partial charge in [0.15, 0.2) is 0 Å². The SMILES string of the molecule is Cc1nc2scc(-c3ccc4ccccc4c3)c2c(=O)n1C1CCN(C)CC1. The summed E-state index contributed by atoms with van der Waals surface area (Å²) in [6.07, 6.45) is 2.00. The van der Waals surface area contributed by atoms with Crippen LogP contribution in [0.1, 0.15) is 24.7 Å². The summed E-state index contributed by atoms with van der Waals surface area (Å²) in [5.41, 5.74) is 2.20. The number of hydrogen-bond acceptors (Lipinski definition) is 4. The van der Waals surface area contributed by atoms with Gasteiger partial charge in [0.25, 0.3) is 5.56 Å². The van der Waals surface area contributed by atoms with Gasteiger partial charge >= 0.3 is 0 Å². The highest BCUT2D eigenvalue weighted by atomic mass is 32.1. The fraction of sp³-hybridized carbons (Fsp3) is 0.304. The van der Waals surface area contributed by atoms with Crippen LogP contribution in [0, 0.1) is 6.92 Å². The van der Waals surface area contributed by atoms with Crippen molar-refractivity contribution >= 4 is 32.3 Å². The van der Waals surface area contributed by atoms with E-state index in [0.29, 0.717) is 0 Å². The largest absolute Gasteiger partial charge is 0.306 e. The van der Waals surface area contributed by atoms with Gasteiger partial charge in [0, 0.05) is 17.0 Å². The first kappa shape index (κ1) is 17.6. The van der Waals surface area contributed by atoms with Crippen molar-refractivity contribution in [2.75, 3.05) is 20.1 Å². The lowest BCUT2D eigenvalue weighted by atomic mass is 10.0. The maximum Gasteiger partial charge on any atom is 0.263 e. The van der Waals surface area contributed by atoms with Crippen molar-refractivity contribution in [3.63, 3.8) is 0 Å². The Bertz CT molecular complexity index is 1230.